The van der Waals surface area contributed by atoms with E-state index in [1.807, 2.05) is 18.8 Å². The molecule has 0 spiro atoms. The highest BCUT2D eigenvalue weighted by Gasteiger charge is 2.43. The first-order valence-electron chi connectivity index (χ1n) is 7.32. The molecular weight excluding hydrogens is 274 g/mol. The summed E-state index contributed by atoms with van der Waals surface area (Å²) in [4.78, 5) is 2.11. The van der Waals surface area contributed by atoms with Crippen LogP contribution in [0.5, 0.6) is 0 Å². The van der Waals surface area contributed by atoms with Crippen LogP contribution < -0.4 is 0 Å². The molecule has 4 nitrogen and oxygen atoms in total. The van der Waals surface area contributed by atoms with E-state index >= 15 is 0 Å². The Morgan fingerprint density at radius 2 is 2.10 bits per heavy atom. The molecule has 0 saturated heterocycles. The summed E-state index contributed by atoms with van der Waals surface area (Å²) in [7, 11) is 4.06. The van der Waals surface area contributed by atoms with Crippen LogP contribution in [0.1, 0.15) is 45.2 Å². The molecule has 1 aromatic rings. The van der Waals surface area contributed by atoms with Gasteiger partial charge >= 0.3 is 0 Å². The maximum absolute atomic E-state index is 11.1. The summed E-state index contributed by atoms with van der Waals surface area (Å²) >= 11 is 6.32. The van der Waals surface area contributed by atoms with E-state index in [1.165, 1.54) is 0 Å². The number of hydrogen-bond acceptors (Lipinski definition) is 3. The quantitative estimate of drug-likeness (QED) is 0.929. The van der Waals surface area contributed by atoms with Gasteiger partial charge in [-0.25, -0.2) is 0 Å². The fourth-order valence-electron chi connectivity index (χ4n) is 3.32. The lowest BCUT2D eigenvalue weighted by atomic mass is 9.68. The summed E-state index contributed by atoms with van der Waals surface area (Å²) in [5.74, 6) is 0. The van der Waals surface area contributed by atoms with Gasteiger partial charge in [-0.05, 0) is 45.2 Å². The van der Waals surface area contributed by atoms with Crippen molar-refractivity contribution >= 4 is 11.6 Å². The van der Waals surface area contributed by atoms with Crippen LogP contribution >= 0.6 is 11.6 Å². The summed E-state index contributed by atoms with van der Waals surface area (Å²) in [6.07, 6.45) is 5.35. The van der Waals surface area contributed by atoms with Crippen molar-refractivity contribution in [3.05, 3.63) is 16.9 Å². The third kappa shape index (κ3) is 3.35. The van der Waals surface area contributed by atoms with Crippen molar-refractivity contribution in [1.29, 1.82) is 0 Å². The minimum Gasteiger partial charge on any atom is -0.383 e. The first kappa shape index (κ1) is 15.8. The Morgan fingerprint density at radius 1 is 1.40 bits per heavy atom. The van der Waals surface area contributed by atoms with Crippen LogP contribution in [-0.2, 0) is 12.1 Å². The monoisotopic (exact) mass is 299 g/mol. The van der Waals surface area contributed by atoms with Gasteiger partial charge in [0.1, 0.15) is 5.60 Å². The Morgan fingerprint density at radius 3 is 2.70 bits per heavy atom. The summed E-state index contributed by atoms with van der Waals surface area (Å²) in [5.41, 5.74) is 0.100. The molecule has 1 N–H and O–H groups in total. The average molecular weight is 300 g/mol. The van der Waals surface area contributed by atoms with E-state index in [9.17, 15) is 5.11 Å². The lowest BCUT2D eigenvalue weighted by Gasteiger charge is -2.41. The predicted molar refractivity (Wildman–Crippen MR) is 81.9 cm³/mol. The van der Waals surface area contributed by atoms with Crippen molar-refractivity contribution in [1.82, 2.24) is 14.7 Å². The van der Waals surface area contributed by atoms with Crippen molar-refractivity contribution in [3.63, 3.8) is 0 Å². The molecule has 0 aromatic carbocycles. The van der Waals surface area contributed by atoms with E-state index in [-0.39, 0.29) is 5.41 Å². The Bertz CT molecular complexity index is 470. The van der Waals surface area contributed by atoms with Gasteiger partial charge in [-0.2, -0.15) is 5.10 Å². The van der Waals surface area contributed by atoms with E-state index in [2.05, 4.69) is 23.8 Å². The molecule has 1 aromatic heterocycles. The average Bonchev–Trinajstić information content (AvgIpc) is 2.66. The lowest BCUT2D eigenvalue weighted by molar-refractivity contribution is -0.0506. The molecule has 114 valence electrons. The third-order valence-electron chi connectivity index (χ3n) is 4.21. The summed E-state index contributed by atoms with van der Waals surface area (Å²) < 4.78 is 1.88. The molecule has 1 unspecified atom stereocenters. The van der Waals surface area contributed by atoms with Gasteiger partial charge in [-0.15, -0.1) is 0 Å². The molecule has 2 rings (SSSR count). The highest BCUT2D eigenvalue weighted by Crippen LogP contribution is 2.47. The van der Waals surface area contributed by atoms with Gasteiger partial charge in [0.2, 0.25) is 0 Å². The zero-order valence-electron chi connectivity index (χ0n) is 13.0. The molecular formula is C15H26ClN3O. The van der Waals surface area contributed by atoms with Crippen LogP contribution in [0, 0.1) is 5.41 Å². The fraction of sp³-hybridized carbons (Fsp3) is 0.800. The smallest absolute Gasteiger partial charge is 0.108 e. The largest absolute Gasteiger partial charge is 0.383 e. The lowest BCUT2D eigenvalue weighted by Crippen LogP contribution is -2.39. The molecule has 1 fully saturated rings. The molecule has 0 amide bonds. The van der Waals surface area contributed by atoms with Gasteiger partial charge in [0.25, 0.3) is 0 Å². The zero-order chi connectivity index (χ0) is 15.0. The topological polar surface area (TPSA) is 41.3 Å². The molecule has 0 aliphatic heterocycles. The van der Waals surface area contributed by atoms with Gasteiger partial charge < -0.3 is 10.0 Å². The fourth-order valence-corrected chi connectivity index (χ4v) is 3.64. The minimum atomic E-state index is -0.846. The van der Waals surface area contributed by atoms with E-state index in [0.29, 0.717) is 5.02 Å². The molecule has 5 heteroatoms. The van der Waals surface area contributed by atoms with Crippen molar-refractivity contribution in [3.8, 4) is 0 Å². The van der Waals surface area contributed by atoms with Crippen LogP contribution in [0.3, 0.4) is 0 Å². The maximum atomic E-state index is 11.1. The SMILES string of the molecule is CN(C)CCn1ncc(Cl)c1C1(O)CCCC(C)(C)C1. The number of halogens is 1. The van der Waals surface area contributed by atoms with Gasteiger partial charge in [-0.1, -0.05) is 25.4 Å². The number of nitrogens with zero attached hydrogens (tertiary/aromatic N) is 3. The molecule has 1 saturated carbocycles. The zero-order valence-corrected chi connectivity index (χ0v) is 13.7. The van der Waals surface area contributed by atoms with Crippen molar-refractivity contribution < 1.29 is 5.11 Å². The second-order valence-electron chi connectivity index (χ2n) is 7.09. The van der Waals surface area contributed by atoms with E-state index in [1.54, 1.807) is 6.20 Å². The maximum Gasteiger partial charge on any atom is 0.108 e. The van der Waals surface area contributed by atoms with Crippen LogP contribution in [0.2, 0.25) is 5.02 Å². The normalized spacial score (nSPS) is 26.1. The van der Waals surface area contributed by atoms with Crippen molar-refractivity contribution in [2.24, 2.45) is 5.41 Å². The Balaban J connectivity index is 2.28. The summed E-state index contributed by atoms with van der Waals surface area (Å²) in [6, 6.07) is 0. The minimum absolute atomic E-state index is 0.146. The summed E-state index contributed by atoms with van der Waals surface area (Å²) in [6.45, 7) is 6.05. The number of aliphatic hydroxyl groups is 1. The molecule has 1 atom stereocenters. The molecule has 1 aliphatic rings. The van der Waals surface area contributed by atoms with Crippen LogP contribution in [0.15, 0.2) is 6.20 Å². The van der Waals surface area contributed by atoms with Gasteiger partial charge in [-0.3, -0.25) is 4.68 Å². The van der Waals surface area contributed by atoms with Crippen LogP contribution in [0.25, 0.3) is 0 Å². The Kier molecular flexibility index (Phi) is 4.47. The second kappa shape index (κ2) is 5.66. The van der Waals surface area contributed by atoms with Crippen molar-refractivity contribution in [2.45, 2.75) is 51.7 Å². The summed E-state index contributed by atoms with van der Waals surface area (Å²) in [5, 5.41) is 16.1. The Hall–Kier alpha value is -0.580. The highest BCUT2D eigenvalue weighted by atomic mass is 35.5. The number of hydrogen-bond donors (Lipinski definition) is 1. The van der Waals surface area contributed by atoms with Crippen LogP contribution in [0.4, 0.5) is 0 Å². The second-order valence-corrected chi connectivity index (χ2v) is 7.50. The Labute approximate surface area is 126 Å². The molecule has 0 bridgehead atoms. The van der Waals surface area contributed by atoms with Gasteiger partial charge in [0, 0.05) is 6.54 Å². The standard InChI is InChI=1S/C15H26ClN3O/c1-14(2)6-5-7-15(20,11-14)13-12(16)10-17-19(13)9-8-18(3)4/h10,20H,5-9,11H2,1-4H3. The number of likely N-dealkylation sites (N-methyl/N-ethyl adjacent to an activating group) is 1. The van der Waals surface area contributed by atoms with Crippen molar-refractivity contribution in [2.75, 3.05) is 20.6 Å². The number of rotatable bonds is 4. The number of aromatic nitrogens is 2. The third-order valence-corrected chi connectivity index (χ3v) is 4.49. The molecule has 20 heavy (non-hydrogen) atoms. The van der Waals surface area contributed by atoms with Gasteiger partial charge in [0.15, 0.2) is 0 Å². The highest BCUT2D eigenvalue weighted by molar-refractivity contribution is 6.31. The molecule has 0 radical (unpaired) electrons. The van der Waals surface area contributed by atoms with E-state index < -0.39 is 5.60 Å². The predicted octanol–water partition coefficient (Wildman–Crippen LogP) is 2.89. The first-order chi connectivity index (χ1) is 9.23. The van der Waals surface area contributed by atoms with Crippen LogP contribution in [-0.4, -0.2) is 40.4 Å². The first-order valence-corrected chi connectivity index (χ1v) is 7.70. The molecule has 1 aliphatic carbocycles. The van der Waals surface area contributed by atoms with E-state index in [4.69, 9.17) is 11.6 Å². The van der Waals surface area contributed by atoms with E-state index in [0.717, 1.165) is 44.5 Å². The molecule has 1 heterocycles. The van der Waals surface area contributed by atoms with Gasteiger partial charge in [0.05, 0.1) is 23.5 Å².